The summed E-state index contributed by atoms with van der Waals surface area (Å²) in [6.45, 7) is 0.701. The van der Waals surface area contributed by atoms with Crippen LogP contribution in [0.2, 0.25) is 0 Å². The lowest BCUT2D eigenvalue weighted by molar-refractivity contribution is -0.385. The van der Waals surface area contributed by atoms with Crippen LogP contribution >= 0.6 is 0 Å². The number of benzene rings is 3. The van der Waals surface area contributed by atoms with Gasteiger partial charge in [0.1, 0.15) is 11.3 Å². The molecule has 1 heterocycles. The number of Topliss-reactive ketones (excluding diaryl/α,β-unsaturated/α-hetero) is 1. The maximum Gasteiger partial charge on any atom is 0.338 e. The quantitative estimate of drug-likeness (QED) is 0.122. The fraction of sp³-hybridized carbons (Fsp3) is 0.0800. The number of nitro benzene ring substituents is 1. The van der Waals surface area contributed by atoms with Gasteiger partial charge in [0.15, 0.2) is 12.4 Å². The SMILES string of the molecule is CC(=O)Oc1ccc(C(=O)COC(=O)c2ccc(N3C(=O)c4cccc([N+](=O)[O-])c4C3=O)cc2)cc1. The number of nitro groups is 1. The molecule has 0 aliphatic carbocycles. The summed E-state index contributed by atoms with van der Waals surface area (Å²) in [6.07, 6.45) is 0. The van der Waals surface area contributed by atoms with E-state index >= 15 is 0 Å². The lowest BCUT2D eigenvalue weighted by Crippen LogP contribution is -2.29. The predicted octanol–water partition coefficient (Wildman–Crippen LogP) is 3.36. The number of fused-ring (bicyclic) bond motifs is 1. The zero-order chi connectivity index (χ0) is 26.0. The summed E-state index contributed by atoms with van der Waals surface area (Å²) in [5.41, 5.74) is -0.448. The Bertz CT molecular complexity index is 1430. The molecule has 0 radical (unpaired) electrons. The molecule has 0 saturated carbocycles. The van der Waals surface area contributed by atoms with E-state index in [-0.39, 0.29) is 33.7 Å². The largest absolute Gasteiger partial charge is 0.454 e. The van der Waals surface area contributed by atoms with Gasteiger partial charge in [0, 0.05) is 18.6 Å². The monoisotopic (exact) mass is 488 g/mol. The first kappa shape index (κ1) is 24.0. The van der Waals surface area contributed by atoms with Gasteiger partial charge in [-0.3, -0.25) is 29.3 Å². The van der Waals surface area contributed by atoms with Crippen molar-refractivity contribution in [1.82, 2.24) is 0 Å². The number of hydrogen-bond acceptors (Lipinski definition) is 9. The van der Waals surface area contributed by atoms with Gasteiger partial charge in [-0.05, 0) is 54.6 Å². The molecule has 4 rings (SSSR count). The van der Waals surface area contributed by atoms with E-state index in [4.69, 9.17) is 9.47 Å². The molecule has 1 aliphatic rings. The smallest absolute Gasteiger partial charge is 0.338 e. The van der Waals surface area contributed by atoms with Gasteiger partial charge < -0.3 is 9.47 Å². The standard InChI is InChI=1S/C25H16N2O9/c1-14(28)36-18-11-7-15(8-12-18)21(29)13-35-25(32)16-5-9-17(10-6-16)26-23(30)19-3-2-4-20(27(33)34)22(19)24(26)31/h2-12H,13H2,1H3. The van der Waals surface area contributed by atoms with Crippen molar-refractivity contribution in [1.29, 1.82) is 0 Å². The van der Waals surface area contributed by atoms with Gasteiger partial charge in [0.05, 0.1) is 21.7 Å². The number of carbonyl (C=O) groups excluding carboxylic acids is 5. The zero-order valence-electron chi connectivity index (χ0n) is 18.6. The van der Waals surface area contributed by atoms with Crippen LogP contribution in [0.5, 0.6) is 5.75 Å². The summed E-state index contributed by atoms with van der Waals surface area (Å²) >= 11 is 0. The Kier molecular flexibility index (Phi) is 6.38. The molecule has 0 aromatic heterocycles. The molecule has 180 valence electrons. The number of nitrogens with zero attached hydrogens (tertiary/aromatic N) is 2. The van der Waals surface area contributed by atoms with Crippen LogP contribution < -0.4 is 9.64 Å². The summed E-state index contributed by atoms with van der Waals surface area (Å²) < 4.78 is 9.93. The molecule has 0 bridgehead atoms. The van der Waals surface area contributed by atoms with Gasteiger partial charge in [-0.2, -0.15) is 0 Å². The average molecular weight is 488 g/mol. The molecule has 0 spiro atoms. The highest BCUT2D eigenvalue weighted by Gasteiger charge is 2.41. The van der Waals surface area contributed by atoms with Crippen LogP contribution in [0.3, 0.4) is 0 Å². The minimum atomic E-state index is -0.844. The minimum Gasteiger partial charge on any atom is -0.454 e. The van der Waals surface area contributed by atoms with Crippen molar-refractivity contribution in [2.45, 2.75) is 6.92 Å². The van der Waals surface area contributed by atoms with Gasteiger partial charge in [0.2, 0.25) is 0 Å². The molecule has 3 aromatic rings. The van der Waals surface area contributed by atoms with Crippen LogP contribution in [0, 0.1) is 10.1 Å². The second-order valence-electron chi connectivity index (χ2n) is 7.57. The molecule has 0 atom stereocenters. The summed E-state index contributed by atoms with van der Waals surface area (Å²) in [7, 11) is 0. The molecular formula is C25H16N2O9. The minimum absolute atomic E-state index is 0.0549. The highest BCUT2D eigenvalue weighted by molar-refractivity contribution is 6.35. The second-order valence-corrected chi connectivity index (χ2v) is 7.57. The fourth-order valence-corrected chi connectivity index (χ4v) is 3.57. The maximum absolute atomic E-state index is 12.8. The Hall–Kier alpha value is -5.19. The third kappa shape index (κ3) is 4.57. The Morgan fingerprint density at radius 1 is 0.889 bits per heavy atom. The summed E-state index contributed by atoms with van der Waals surface area (Å²) in [6, 6.07) is 14.7. The number of imide groups is 1. The Morgan fingerprint density at radius 3 is 2.14 bits per heavy atom. The molecule has 36 heavy (non-hydrogen) atoms. The molecule has 11 heteroatoms. The molecule has 0 saturated heterocycles. The lowest BCUT2D eigenvalue weighted by Gasteiger charge is -2.14. The number of carbonyl (C=O) groups is 5. The molecular weight excluding hydrogens is 472 g/mol. The van der Waals surface area contributed by atoms with Gasteiger partial charge >= 0.3 is 11.9 Å². The van der Waals surface area contributed by atoms with E-state index in [2.05, 4.69) is 0 Å². The van der Waals surface area contributed by atoms with E-state index in [1.165, 1.54) is 67.6 Å². The third-order valence-electron chi connectivity index (χ3n) is 5.22. The normalized spacial score (nSPS) is 12.2. The van der Waals surface area contributed by atoms with Gasteiger partial charge in [0.25, 0.3) is 17.5 Å². The highest BCUT2D eigenvalue weighted by atomic mass is 16.6. The first-order valence-corrected chi connectivity index (χ1v) is 10.4. The number of ether oxygens (including phenoxy) is 2. The molecule has 0 N–H and O–H groups in total. The Labute approximate surface area is 203 Å². The molecule has 3 aromatic carbocycles. The average Bonchev–Trinajstić information content (AvgIpc) is 3.12. The van der Waals surface area contributed by atoms with Crippen LogP contribution in [-0.4, -0.2) is 41.1 Å². The topological polar surface area (TPSA) is 150 Å². The van der Waals surface area contributed by atoms with Crippen LogP contribution in [0.1, 0.15) is 48.4 Å². The van der Waals surface area contributed by atoms with Crippen LogP contribution in [-0.2, 0) is 9.53 Å². The Balaban J connectivity index is 1.42. The summed E-state index contributed by atoms with van der Waals surface area (Å²) in [4.78, 5) is 72.4. The van der Waals surface area contributed by atoms with E-state index in [9.17, 15) is 34.1 Å². The van der Waals surface area contributed by atoms with Crippen molar-refractivity contribution in [3.8, 4) is 5.75 Å². The van der Waals surface area contributed by atoms with Crippen LogP contribution in [0.4, 0.5) is 11.4 Å². The first-order chi connectivity index (χ1) is 17.2. The fourth-order valence-electron chi connectivity index (χ4n) is 3.57. The summed E-state index contributed by atoms with van der Waals surface area (Å²) in [5.74, 6) is -3.10. The third-order valence-corrected chi connectivity index (χ3v) is 5.22. The van der Waals surface area contributed by atoms with Crippen molar-refractivity contribution < 1.29 is 38.4 Å². The molecule has 1 aliphatic heterocycles. The number of hydrogen-bond donors (Lipinski definition) is 0. The lowest BCUT2D eigenvalue weighted by atomic mass is 10.1. The summed E-state index contributed by atoms with van der Waals surface area (Å²) in [5, 5.41) is 11.3. The maximum atomic E-state index is 12.8. The van der Waals surface area contributed by atoms with E-state index in [1.54, 1.807) is 0 Å². The second kappa shape index (κ2) is 9.58. The van der Waals surface area contributed by atoms with E-state index in [0.717, 1.165) is 11.0 Å². The van der Waals surface area contributed by atoms with Crippen molar-refractivity contribution in [2.75, 3.05) is 11.5 Å². The zero-order valence-corrected chi connectivity index (χ0v) is 18.6. The molecule has 0 fully saturated rings. The van der Waals surface area contributed by atoms with Crippen molar-refractivity contribution in [3.63, 3.8) is 0 Å². The van der Waals surface area contributed by atoms with Gasteiger partial charge in [-0.15, -0.1) is 0 Å². The van der Waals surface area contributed by atoms with Gasteiger partial charge in [-0.25, -0.2) is 9.69 Å². The van der Waals surface area contributed by atoms with Crippen LogP contribution in [0.25, 0.3) is 0 Å². The van der Waals surface area contributed by atoms with Gasteiger partial charge in [-0.1, -0.05) is 6.07 Å². The predicted molar refractivity (Wildman–Crippen MR) is 123 cm³/mol. The molecule has 11 nitrogen and oxygen atoms in total. The van der Waals surface area contributed by atoms with Crippen molar-refractivity contribution in [2.24, 2.45) is 0 Å². The van der Waals surface area contributed by atoms with E-state index in [0.29, 0.717) is 0 Å². The first-order valence-electron chi connectivity index (χ1n) is 10.4. The number of rotatable bonds is 7. The van der Waals surface area contributed by atoms with Crippen molar-refractivity contribution >= 4 is 40.9 Å². The Morgan fingerprint density at radius 2 is 1.53 bits per heavy atom. The van der Waals surface area contributed by atoms with E-state index in [1.807, 2.05) is 0 Å². The van der Waals surface area contributed by atoms with E-state index < -0.39 is 46.8 Å². The van der Waals surface area contributed by atoms with Crippen molar-refractivity contribution in [3.05, 3.63) is 99.1 Å². The molecule has 2 amide bonds. The number of amides is 2. The number of esters is 2. The highest BCUT2D eigenvalue weighted by Crippen LogP contribution is 2.33. The molecule has 0 unspecified atom stereocenters. The van der Waals surface area contributed by atoms with Crippen LogP contribution in [0.15, 0.2) is 66.7 Å². The number of anilines is 1. The number of ketones is 1.